The summed E-state index contributed by atoms with van der Waals surface area (Å²) in [6.45, 7) is 28.0. The Morgan fingerprint density at radius 2 is 1.59 bits per heavy atom. The van der Waals surface area contributed by atoms with E-state index in [1.165, 1.54) is 18.5 Å². The monoisotopic (exact) mass is 515 g/mol. The first-order valence-electron chi connectivity index (χ1n) is 14.2. The minimum atomic E-state index is 0.00663. The molecular weight excluding hydrogens is 454 g/mol. The number of allylic oxidation sites excluding steroid dienone is 9. The second kappa shape index (κ2) is 35.7. The van der Waals surface area contributed by atoms with Crippen molar-refractivity contribution in [1.29, 1.82) is 0 Å². The second-order valence-corrected chi connectivity index (χ2v) is 7.96. The van der Waals surface area contributed by atoms with E-state index in [0.29, 0.717) is 5.92 Å². The molecule has 4 heteroatoms. The molecule has 0 saturated heterocycles. The Kier molecular flexibility index (Phi) is 40.2. The van der Waals surface area contributed by atoms with Gasteiger partial charge in [0, 0.05) is 25.7 Å². The first kappa shape index (κ1) is 41.7. The number of carbonyl (C=O) groups is 1. The molecule has 1 amide bonds. The largest absolute Gasteiger partial charge is 0.352 e. The number of rotatable bonds is 14. The predicted molar refractivity (Wildman–Crippen MR) is 172 cm³/mol. The lowest BCUT2D eigenvalue weighted by atomic mass is 10.1. The van der Waals surface area contributed by atoms with Gasteiger partial charge in [0.25, 0.3) is 5.91 Å². The Bertz CT molecular complexity index is 682. The van der Waals surface area contributed by atoms with E-state index in [-0.39, 0.29) is 5.91 Å². The van der Waals surface area contributed by atoms with Gasteiger partial charge in [-0.2, -0.15) is 0 Å². The molecule has 0 saturated carbocycles. The van der Waals surface area contributed by atoms with Crippen LogP contribution in [-0.4, -0.2) is 50.8 Å². The van der Waals surface area contributed by atoms with E-state index in [4.69, 9.17) is 0 Å². The van der Waals surface area contributed by atoms with Crippen LogP contribution in [0.4, 0.5) is 0 Å². The standard InChI is InChI=1S/C15H27N.C14H23NO.C2H5N.C2H6/c1-5-8-9-11-15(4)12-10-14-16(7-3)13-6-2;1-5-11-15-14(16)13(8-4)10-9-12(6-2)7-3;1-3-2;1-2/h5,8-12,15H,6-7,13-14H2,1-4H3;6,8-10H,5,7,11H2,1-4H3,(H,15,16);1H2,2H3;1-2H3/b8-5-,11-9-,12-10+;10-9-,12-6-,13-8+;;. The number of carbonyl (C=O) groups excluding carboxylic acids is 1. The number of nitrogens with zero attached hydrogens (tertiary/aromatic N) is 2. The second-order valence-electron chi connectivity index (χ2n) is 7.96. The molecule has 0 aromatic carbocycles. The van der Waals surface area contributed by atoms with Gasteiger partial charge in [-0.1, -0.05) is 109 Å². The van der Waals surface area contributed by atoms with Crippen molar-refractivity contribution in [3.05, 3.63) is 71.9 Å². The zero-order valence-electron chi connectivity index (χ0n) is 26.3. The maximum atomic E-state index is 11.7. The van der Waals surface area contributed by atoms with Crippen LogP contribution in [0.15, 0.2) is 76.9 Å². The van der Waals surface area contributed by atoms with Crippen LogP contribution in [0.3, 0.4) is 0 Å². The van der Waals surface area contributed by atoms with Crippen LogP contribution in [0.2, 0.25) is 0 Å². The summed E-state index contributed by atoms with van der Waals surface area (Å²) in [5.74, 6) is 0.531. The van der Waals surface area contributed by atoms with Crippen molar-refractivity contribution in [2.75, 3.05) is 33.2 Å². The van der Waals surface area contributed by atoms with Gasteiger partial charge in [-0.15, -0.1) is 0 Å². The summed E-state index contributed by atoms with van der Waals surface area (Å²) in [5, 5.41) is 2.87. The summed E-state index contributed by atoms with van der Waals surface area (Å²) in [6, 6.07) is 0. The molecule has 1 N–H and O–H groups in total. The van der Waals surface area contributed by atoms with Gasteiger partial charge in [0.1, 0.15) is 0 Å². The minimum absolute atomic E-state index is 0.00663. The van der Waals surface area contributed by atoms with Crippen LogP contribution in [0.5, 0.6) is 0 Å². The highest BCUT2D eigenvalue weighted by atomic mass is 16.1. The van der Waals surface area contributed by atoms with Crippen molar-refractivity contribution < 1.29 is 4.79 Å². The summed E-state index contributed by atoms with van der Waals surface area (Å²) in [6.07, 6.45) is 24.0. The zero-order chi connectivity index (χ0) is 29.3. The molecule has 0 rings (SSSR count). The zero-order valence-corrected chi connectivity index (χ0v) is 26.3. The molecule has 0 spiro atoms. The average Bonchev–Trinajstić information content (AvgIpc) is 2.91. The van der Waals surface area contributed by atoms with Gasteiger partial charge in [0.15, 0.2) is 0 Å². The molecule has 1 atom stereocenters. The van der Waals surface area contributed by atoms with Crippen LogP contribution in [0.25, 0.3) is 0 Å². The van der Waals surface area contributed by atoms with Crippen molar-refractivity contribution in [2.24, 2.45) is 10.9 Å². The molecule has 0 fully saturated rings. The van der Waals surface area contributed by atoms with Crippen LogP contribution in [0, 0.1) is 5.92 Å². The number of nitrogens with one attached hydrogen (secondary N) is 1. The van der Waals surface area contributed by atoms with Crippen LogP contribution >= 0.6 is 0 Å². The maximum absolute atomic E-state index is 11.7. The van der Waals surface area contributed by atoms with Gasteiger partial charge < -0.3 is 10.3 Å². The lowest BCUT2D eigenvalue weighted by molar-refractivity contribution is -0.117. The fraction of sp³-hybridized carbons (Fsp3) is 0.576. The normalized spacial score (nSPS) is 12.6. The third-order valence-electron chi connectivity index (χ3n) is 4.87. The first-order valence-corrected chi connectivity index (χ1v) is 14.2. The Morgan fingerprint density at radius 3 is 2.03 bits per heavy atom. The van der Waals surface area contributed by atoms with Gasteiger partial charge in [0.2, 0.25) is 0 Å². The van der Waals surface area contributed by atoms with E-state index in [1.54, 1.807) is 7.05 Å². The van der Waals surface area contributed by atoms with Crippen molar-refractivity contribution in [1.82, 2.24) is 10.2 Å². The van der Waals surface area contributed by atoms with E-state index in [0.717, 1.165) is 38.0 Å². The van der Waals surface area contributed by atoms with Crippen LogP contribution in [0.1, 0.15) is 88.5 Å². The fourth-order valence-electron chi connectivity index (χ4n) is 2.79. The Hall–Kier alpha value is -2.46. The molecule has 1 unspecified atom stereocenters. The number of hydrogen-bond donors (Lipinski definition) is 1. The molecule has 0 aromatic rings. The third-order valence-corrected chi connectivity index (χ3v) is 4.87. The van der Waals surface area contributed by atoms with Gasteiger partial charge in [-0.3, -0.25) is 9.69 Å². The lowest BCUT2D eigenvalue weighted by Gasteiger charge is -2.16. The highest BCUT2D eigenvalue weighted by Gasteiger charge is 2.03. The molecular formula is C33H61N3O. The Morgan fingerprint density at radius 1 is 0.973 bits per heavy atom. The molecule has 0 radical (unpaired) electrons. The SMILES string of the molecule is C/C=C\C=C/C(C)/C=C/CN(CC)CCC.C=NC.CC.C\C=C(/C=C\C(=C/C)C(=O)NCCC)CC. The van der Waals surface area contributed by atoms with E-state index >= 15 is 0 Å². The van der Waals surface area contributed by atoms with Crippen molar-refractivity contribution >= 4 is 12.6 Å². The summed E-state index contributed by atoms with van der Waals surface area (Å²) >= 11 is 0. The molecule has 0 aliphatic carbocycles. The smallest absolute Gasteiger partial charge is 0.250 e. The van der Waals surface area contributed by atoms with Gasteiger partial charge >= 0.3 is 0 Å². The summed E-state index contributed by atoms with van der Waals surface area (Å²) in [7, 11) is 1.64. The summed E-state index contributed by atoms with van der Waals surface area (Å²) in [5.41, 5.74) is 1.96. The van der Waals surface area contributed by atoms with Gasteiger partial charge in [0.05, 0.1) is 0 Å². The molecule has 0 heterocycles. The van der Waals surface area contributed by atoms with Crippen LogP contribution < -0.4 is 5.32 Å². The fourth-order valence-corrected chi connectivity index (χ4v) is 2.79. The van der Waals surface area contributed by atoms with E-state index in [9.17, 15) is 4.79 Å². The van der Waals surface area contributed by atoms with Crippen LogP contribution in [-0.2, 0) is 4.79 Å². The Balaban J connectivity index is -0.000000250. The number of aliphatic imine (C=N–C) groups is 1. The molecule has 0 bridgehead atoms. The van der Waals surface area contributed by atoms with E-state index < -0.39 is 0 Å². The molecule has 0 aromatic heterocycles. The van der Waals surface area contributed by atoms with E-state index in [1.807, 2.05) is 65.8 Å². The number of amides is 1. The molecule has 4 nitrogen and oxygen atoms in total. The predicted octanol–water partition coefficient (Wildman–Crippen LogP) is 8.76. The molecule has 0 aliphatic rings. The highest BCUT2D eigenvalue weighted by molar-refractivity contribution is 5.96. The quantitative estimate of drug-likeness (QED) is 0.109. The number of likely N-dealkylation sites (N-methyl/N-ethyl adjacent to an activating group) is 1. The van der Waals surface area contributed by atoms with Gasteiger partial charge in [-0.05, 0) is 71.8 Å². The third kappa shape index (κ3) is 31.5. The van der Waals surface area contributed by atoms with Crippen molar-refractivity contribution in [2.45, 2.75) is 88.5 Å². The summed E-state index contributed by atoms with van der Waals surface area (Å²) in [4.78, 5) is 17.4. The first-order chi connectivity index (χ1) is 17.8. The average molecular weight is 516 g/mol. The van der Waals surface area contributed by atoms with E-state index in [2.05, 4.69) is 86.1 Å². The minimum Gasteiger partial charge on any atom is -0.352 e. The Labute approximate surface area is 232 Å². The maximum Gasteiger partial charge on any atom is 0.250 e. The summed E-state index contributed by atoms with van der Waals surface area (Å²) < 4.78 is 0. The lowest BCUT2D eigenvalue weighted by Crippen LogP contribution is -2.24. The van der Waals surface area contributed by atoms with Crippen molar-refractivity contribution in [3.63, 3.8) is 0 Å². The molecule has 0 aliphatic heterocycles. The molecule has 214 valence electrons. The number of hydrogen-bond acceptors (Lipinski definition) is 3. The topological polar surface area (TPSA) is 44.7 Å². The van der Waals surface area contributed by atoms with Gasteiger partial charge in [-0.25, -0.2) is 0 Å². The van der Waals surface area contributed by atoms with Crippen molar-refractivity contribution in [3.8, 4) is 0 Å². The highest BCUT2D eigenvalue weighted by Crippen LogP contribution is 2.06. The molecule has 37 heavy (non-hydrogen) atoms.